The van der Waals surface area contributed by atoms with Crippen LogP contribution in [0.3, 0.4) is 0 Å². The van der Waals surface area contributed by atoms with Crippen molar-refractivity contribution in [2.75, 3.05) is 11.1 Å². The van der Waals surface area contributed by atoms with Crippen LogP contribution in [0.4, 0.5) is 0 Å². The SMILES string of the molecule is CC(=O)OC(CBr)(CS(=O)(=O)c1ccccc1)c1ccccc1. The van der Waals surface area contributed by atoms with Crippen LogP contribution in [0.15, 0.2) is 65.6 Å². The van der Waals surface area contributed by atoms with Gasteiger partial charge < -0.3 is 4.74 Å². The topological polar surface area (TPSA) is 60.4 Å². The molecule has 0 aliphatic carbocycles. The van der Waals surface area contributed by atoms with Crippen molar-refractivity contribution in [3.63, 3.8) is 0 Å². The zero-order chi connectivity index (χ0) is 16.9. The Hall–Kier alpha value is -1.66. The molecule has 0 radical (unpaired) electrons. The van der Waals surface area contributed by atoms with Crippen LogP contribution in [0.5, 0.6) is 0 Å². The summed E-state index contributed by atoms with van der Waals surface area (Å²) in [6.07, 6.45) is 0. The summed E-state index contributed by atoms with van der Waals surface area (Å²) in [5.41, 5.74) is -0.645. The highest BCUT2D eigenvalue weighted by molar-refractivity contribution is 9.09. The highest BCUT2D eigenvalue weighted by Gasteiger charge is 2.40. The maximum atomic E-state index is 12.7. The summed E-state index contributed by atoms with van der Waals surface area (Å²) >= 11 is 3.32. The van der Waals surface area contributed by atoms with E-state index in [9.17, 15) is 13.2 Å². The molecule has 0 N–H and O–H groups in total. The molecule has 2 aromatic rings. The van der Waals surface area contributed by atoms with Gasteiger partial charge >= 0.3 is 5.97 Å². The summed E-state index contributed by atoms with van der Waals surface area (Å²) < 4.78 is 31.0. The normalized spacial score (nSPS) is 14.0. The van der Waals surface area contributed by atoms with E-state index in [4.69, 9.17) is 4.74 Å². The van der Waals surface area contributed by atoms with Gasteiger partial charge in [-0.1, -0.05) is 64.5 Å². The van der Waals surface area contributed by atoms with E-state index in [1.54, 1.807) is 42.5 Å². The second-order valence-corrected chi connectivity index (χ2v) is 7.71. The van der Waals surface area contributed by atoms with Gasteiger partial charge in [0.1, 0.15) is 0 Å². The molecule has 2 aromatic carbocycles. The number of carbonyl (C=O) groups is 1. The van der Waals surface area contributed by atoms with Crippen molar-refractivity contribution in [3.05, 3.63) is 66.2 Å². The predicted octanol–water partition coefficient (Wildman–Crippen LogP) is 3.31. The van der Waals surface area contributed by atoms with E-state index >= 15 is 0 Å². The number of alkyl halides is 1. The standard InChI is InChI=1S/C17H17BrO4S/c1-14(19)22-17(12-18,15-8-4-2-5-9-15)13-23(20,21)16-10-6-3-7-11-16/h2-11H,12-13H2,1H3. The number of hydrogen-bond acceptors (Lipinski definition) is 4. The number of benzene rings is 2. The minimum Gasteiger partial charge on any atom is -0.452 e. The lowest BCUT2D eigenvalue weighted by atomic mass is 9.98. The largest absolute Gasteiger partial charge is 0.452 e. The number of rotatable bonds is 6. The van der Waals surface area contributed by atoms with Crippen molar-refractivity contribution in [3.8, 4) is 0 Å². The molecule has 4 nitrogen and oxygen atoms in total. The van der Waals surface area contributed by atoms with Crippen LogP contribution in [0.2, 0.25) is 0 Å². The molecule has 0 aliphatic rings. The number of sulfone groups is 1. The van der Waals surface area contributed by atoms with E-state index in [0.717, 1.165) is 0 Å². The molecule has 0 amide bonds. The van der Waals surface area contributed by atoms with Crippen LogP contribution in [0.1, 0.15) is 12.5 Å². The average Bonchev–Trinajstić information content (AvgIpc) is 2.55. The third kappa shape index (κ3) is 4.20. The zero-order valence-electron chi connectivity index (χ0n) is 12.6. The van der Waals surface area contributed by atoms with Gasteiger partial charge in [0.2, 0.25) is 0 Å². The van der Waals surface area contributed by atoms with Gasteiger partial charge in [-0.25, -0.2) is 8.42 Å². The summed E-state index contributed by atoms with van der Waals surface area (Å²) in [6.45, 7) is 1.27. The highest BCUT2D eigenvalue weighted by atomic mass is 79.9. The monoisotopic (exact) mass is 396 g/mol. The smallest absolute Gasteiger partial charge is 0.303 e. The summed E-state index contributed by atoms with van der Waals surface area (Å²) in [6, 6.07) is 17.0. The number of halogens is 1. The summed E-state index contributed by atoms with van der Waals surface area (Å²) in [5, 5.41) is 0.176. The fraction of sp³-hybridized carbons (Fsp3) is 0.235. The molecule has 0 bridgehead atoms. The van der Waals surface area contributed by atoms with Crippen LogP contribution in [-0.2, 0) is 25.0 Å². The van der Waals surface area contributed by atoms with Gasteiger partial charge in [0, 0.05) is 12.3 Å². The number of ether oxygens (including phenoxy) is 1. The van der Waals surface area contributed by atoms with Crippen molar-refractivity contribution >= 4 is 31.7 Å². The predicted molar refractivity (Wildman–Crippen MR) is 92.2 cm³/mol. The lowest BCUT2D eigenvalue weighted by molar-refractivity contribution is -0.153. The van der Waals surface area contributed by atoms with Gasteiger partial charge in [0.05, 0.1) is 10.6 Å². The van der Waals surface area contributed by atoms with Crippen LogP contribution < -0.4 is 0 Å². The van der Waals surface area contributed by atoms with Crippen LogP contribution in [-0.4, -0.2) is 25.5 Å². The fourth-order valence-corrected chi connectivity index (χ4v) is 4.93. The van der Waals surface area contributed by atoms with E-state index in [0.29, 0.717) is 5.56 Å². The lowest BCUT2D eigenvalue weighted by Gasteiger charge is -2.31. The molecule has 122 valence electrons. The van der Waals surface area contributed by atoms with Crippen molar-refractivity contribution in [2.24, 2.45) is 0 Å². The maximum absolute atomic E-state index is 12.7. The second kappa shape index (κ2) is 7.27. The molecule has 1 unspecified atom stereocenters. The quantitative estimate of drug-likeness (QED) is 0.554. The molecule has 0 aliphatic heterocycles. The zero-order valence-corrected chi connectivity index (χ0v) is 15.0. The van der Waals surface area contributed by atoms with E-state index < -0.39 is 21.4 Å². The highest BCUT2D eigenvalue weighted by Crippen LogP contribution is 2.32. The van der Waals surface area contributed by atoms with Crippen LogP contribution in [0, 0.1) is 0 Å². The third-order valence-electron chi connectivity index (χ3n) is 3.38. The van der Waals surface area contributed by atoms with Gasteiger partial charge in [-0.3, -0.25) is 4.79 Å². The van der Waals surface area contributed by atoms with E-state index in [2.05, 4.69) is 15.9 Å². The second-order valence-electron chi connectivity index (χ2n) is 5.16. The summed E-state index contributed by atoms with van der Waals surface area (Å²) in [7, 11) is -3.63. The first-order valence-electron chi connectivity index (χ1n) is 6.98. The average molecular weight is 397 g/mol. The molecule has 0 saturated carbocycles. The number of esters is 1. The molecule has 2 rings (SSSR count). The van der Waals surface area contributed by atoms with Gasteiger partial charge in [-0.2, -0.15) is 0 Å². The van der Waals surface area contributed by atoms with Crippen molar-refractivity contribution in [1.29, 1.82) is 0 Å². The number of carbonyl (C=O) groups excluding carboxylic acids is 1. The summed E-state index contributed by atoms with van der Waals surface area (Å²) in [4.78, 5) is 11.8. The molecule has 0 spiro atoms. The molecule has 6 heteroatoms. The molecular weight excluding hydrogens is 380 g/mol. The van der Waals surface area contributed by atoms with Gasteiger partial charge in [0.25, 0.3) is 0 Å². The Kier molecular flexibility index (Phi) is 5.59. The van der Waals surface area contributed by atoms with Crippen molar-refractivity contribution < 1.29 is 17.9 Å². The fourth-order valence-electron chi connectivity index (χ4n) is 2.35. The molecule has 0 saturated heterocycles. The van der Waals surface area contributed by atoms with Crippen LogP contribution >= 0.6 is 15.9 Å². The van der Waals surface area contributed by atoms with E-state index in [-0.39, 0.29) is 16.0 Å². The van der Waals surface area contributed by atoms with Crippen LogP contribution in [0.25, 0.3) is 0 Å². The first-order chi connectivity index (χ1) is 10.9. The van der Waals surface area contributed by atoms with Crippen molar-refractivity contribution in [2.45, 2.75) is 17.4 Å². The van der Waals surface area contributed by atoms with Crippen molar-refractivity contribution in [1.82, 2.24) is 0 Å². The third-order valence-corrected chi connectivity index (χ3v) is 6.12. The first-order valence-corrected chi connectivity index (χ1v) is 9.76. The molecule has 0 fully saturated rings. The van der Waals surface area contributed by atoms with Gasteiger partial charge in [-0.15, -0.1) is 0 Å². The molecule has 0 heterocycles. The molecule has 1 atom stereocenters. The Balaban J connectivity index is 2.49. The Bertz CT molecular complexity index is 760. The van der Waals surface area contributed by atoms with Gasteiger partial charge in [-0.05, 0) is 17.7 Å². The Morgan fingerprint density at radius 1 is 1.04 bits per heavy atom. The summed E-state index contributed by atoms with van der Waals surface area (Å²) in [5.74, 6) is -0.865. The maximum Gasteiger partial charge on any atom is 0.303 e. The van der Waals surface area contributed by atoms with Gasteiger partial charge in [0.15, 0.2) is 15.4 Å². The first kappa shape index (κ1) is 17.7. The Morgan fingerprint density at radius 2 is 1.57 bits per heavy atom. The van der Waals surface area contributed by atoms with E-state index in [1.807, 2.05) is 6.07 Å². The minimum absolute atomic E-state index is 0.176. The molecular formula is C17H17BrO4S. The lowest BCUT2D eigenvalue weighted by Crippen LogP contribution is -2.40. The Labute approximate surface area is 144 Å². The number of hydrogen-bond donors (Lipinski definition) is 0. The van der Waals surface area contributed by atoms with E-state index in [1.165, 1.54) is 19.1 Å². The molecule has 23 heavy (non-hydrogen) atoms. The molecule has 0 aromatic heterocycles. The Morgan fingerprint density at radius 3 is 2.04 bits per heavy atom. The minimum atomic E-state index is -3.63.